The average molecular weight is 268 g/mol. The summed E-state index contributed by atoms with van der Waals surface area (Å²) in [6, 6.07) is 0.866. The number of rotatable bonds is 4. The van der Waals surface area contributed by atoms with Gasteiger partial charge in [0.2, 0.25) is 0 Å². The number of piperazine rings is 1. The van der Waals surface area contributed by atoms with Gasteiger partial charge in [0, 0.05) is 32.2 Å². The van der Waals surface area contributed by atoms with Gasteiger partial charge in [0.25, 0.3) is 0 Å². The fourth-order valence-electron chi connectivity index (χ4n) is 2.50. The molecule has 0 atom stereocenters. The van der Waals surface area contributed by atoms with Gasteiger partial charge in [0.15, 0.2) is 16.6 Å². The monoisotopic (exact) mass is 268 g/mol. The number of hydrogen-bond acceptors (Lipinski definition) is 6. The van der Waals surface area contributed by atoms with Gasteiger partial charge in [-0.25, -0.2) is 0 Å². The van der Waals surface area contributed by atoms with Crippen LogP contribution >= 0.6 is 11.5 Å². The highest BCUT2D eigenvalue weighted by atomic mass is 32.1. The highest BCUT2D eigenvalue weighted by Crippen LogP contribution is 2.39. The molecule has 1 aromatic rings. The molecule has 18 heavy (non-hydrogen) atoms. The van der Waals surface area contributed by atoms with Crippen LogP contribution < -0.4 is 15.4 Å². The summed E-state index contributed by atoms with van der Waals surface area (Å²) in [5.41, 5.74) is 5.86. The lowest BCUT2D eigenvalue weighted by atomic mass is 10.3. The fraction of sp³-hybridized carbons (Fsp3) is 0.750. The Morgan fingerprint density at radius 3 is 2.67 bits per heavy atom. The van der Waals surface area contributed by atoms with Crippen LogP contribution in [0.2, 0.25) is 0 Å². The van der Waals surface area contributed by atoms with E-state index < -0.39 is 0 Å². The molecule has 0 bridgehead atoms. The van der Waals surface area contributed by atoms with E-state index in [1.165, 1.54) is 24.4 Å². The lowest BCUT2D eigenvalue weighted by Gasteiger charge is -2.35. The first-order valence-electron chi connectivity index (χ1n) is 6.66. The van der Waals surface area contributed by atoms with Crippen molar-refractivity contribution in [3.8, 4) is 5.75 Å². The zero-order valence-corrected chi connectivity index (χ0v) is 11.6. The Balaban J connectivity index is 1.67. The van der Waals surface area contributed by atoms with E-state index in [1.807, 2.05) is 6.92 Å². The quantitative estimate of drug-likeness (QED) is 0.895. The van der Waals surface area contributed by atoms with Crippen LogP contribution in [0.25, 0.3) is 0 Å². The molecule has 2 aliphatic rings. The van der Waals surface area contributed by atoms with Crippen LogP contribution in [0.5, 0.6) is 5.75 Å². The summed E-state index contributed by atoms with van der Waals surface area (Å²) in [4.78, 5) is 4.96. The highest BCUT2D eigenvalue weighted by Gasteiger charge is 2.32. The van der Waals surface area contributed by atoms with Crippen LogP contribution in [0.15, 0.2) is 0 Å². The summed E-state index contributed by atoms with van der Waals surface area (Å²) in [6.45, 7) is 7.02. The maximum Gasteiger partial charge on any atom is 0.197 e. The van der Waals surface area contributed by atoms with E-state index in [0.29, 0.717) is 12.4 Å². The Hall–Kier alpha value is -1.01. The molecular formula is C12H20N4OS. The molecule has 5 nitrogen and oxygen atoms in total. The Morgan fingerprint density at radius 2 is 2.06 bits per heavy atom. The van der Waals surface area contributed by atoms with Gasteiger partial charge in [-0.1, -0.05) is 0 Å². The maximum absolute atomic E-state index is 5.86. The Bertz CT molecular complexity index is 410. The third-order valence-corrected chi connectivity index (χ3v) is 4.52. The second-order valence-electron chi connectivity index (χ2n) is 4.89. The van der Waals surface area contributed by atoms with Crippen LogP contribution in [-0.2, 0) is 0 Å². The molecule has 1 aliphatic heterocycles. The number of aromatic nitrogens is 1. The molecular weight excluding hydrogens is 248 g/mol. The van der Waals surface area contributed by atoms with Crippen LogP contribution in [0, 0.1) is 0 Å². The summed E-state index contributed by atoms with van der Waals surface area (Å²) >= 11 is 1.46. The van der Waals surface area contributed by atoms with Crippen molar-refractivity contribution in [2.75, 3.05) is 43.4 Å². The van der Waals surface area contributed by atoms with Crippen molar-refractivity contribution in [3.63, 3.8) is 0 Å². The average Bonchev–Trinajstić information content (AvgIpc) is 3.17. The van der Waals surface area contributed by atoms with E-state index in [-0.39, 0.29) is 0 Å². The smallest absolute Gasteiger partial charge is 0.197 e. The molecule has 2 heterocycles. The number of nitrogens with zero attached hydrogens (tertiary/aromatic N) is 3. The van der Waals surface area contributed by atoms with E-state index >= 15 is 0 Å². The maximum atomic E-state index is 5.86. The molecule has 6 heteroatoms. The molecule has 2 N–H and O–H groups in total. The molecule has 0 radical (unpaired) electrons. The summed E-state index contributed by atoms with van der Waals surface area (Å²) in [5.74, 6) is 1.31. The van der Waals surface area contributed by atoms with Gasteiger partial charge in [-0.15, -0.1) is 0 Å². The van der Waals surface area contributed by atoms with Crippen molar-refractivity contribution >= 4 is 22.4 Å². The van der Waals surface area contributed by atoms with Crippen molar-refractivity contribution in [1.82, 2.24) is 9.27 Å². The van der Waals surface area contributed by atoms with Crippen molar-refractivity contribution in [2.24, 2.45) is 0 Å². The van der Waals surface area contributed by atoms with Gasteiger partial charge < -0.3 is 15.4 Å². The van der Waals surface area contributed by atoms with E-state index in [0.717, 1.165) is 43.0 Å². The van der Waals surface area contributed by atoms with Crippen LogP contribution in [-0.4, -0.2) is 48.1 Å². The SMILES string of the molecule is CCOc1c(N)nsc1N1CCN(C2CC2)CC1. The van der Waals surface area contributed by atoms with Gasteiger partial charge in [0.05, 0.1) is 6.61 Å². The normalized spacial score (nSPS) is 21.3. The number of ether oxygens (including phenoxy) is 1. The third-order valence-electron chi connectivity index (χ3n) is 3.61. The highest BCUT2D eigenvalue weighted by molar-refractivity contribution is 7.11. The number of nitrogens with two attached hydrogens (primary N) is 1. The minimum absolute atomic E-state index is 0.529. The first-order chi connectivity index (χ1) is 8.79. The van der Waals surface area contributed by atoms with Crippen LogP contribution in [0.4, 0.5) is 10.8 Å². The molecule has 2 fully saturated rings. The predicted molar refractivity (Wildman–Crippen MR) is 74.5 cm³/mol. The summed E-state index contributed by atoms with van der Waals surface area (Å²) in [7, 11) is 0. The predicted octanol–water partition coefficient (Wildman–Crippen LogP) is 1.41. The van der Waals surface area contributed by atoms with E-state index in [2.05, 4.69) is 14.2 Å². The lowest BCUT2D eigenvalue weighted by molar-refractivity contribution is 0.247. The second kappa shape index (κ2) is 4.93. The summed E-state index contributed by atoms with van der Waals surface area (Å²) in [6.07, 6.45) is 2.77. The standard InChI is InChI=1S/C12H20N4OS/c1-2-17-10-11(13)14-18-12(10)16-7-5-15(6-8-16)9-3-4-9/h9H,2-8H2,1H3,(H2,13,14). The van der Waals surface area contributed by atoms with Crippen molar-refractivity contribution in [3.05, 3.63) is 0 Å². The molecule has 0 unspecified atom stereocenters. The summed E-state index contributed by atoms with van der Waals surface area (Å²) < 4.78 is 9.83. The fourth-order valence-corrected chi connectivity index (χ4v) is 3.31. The largest absolute Gasteiger partial charge is 0.487 e. The first kappa shape index (κ1) is 12.0. The Labute approximate surface area is 112 Å². The van der Waals surface area contributed by atoms with Gasteiger partial charge in [0.1, 0.15) is 0 Å². The number of nitrogen functional groups attached to an aromatic ring is 1. The van der Waals surface area contributed by atoms with Gasteiger partial charge in [-0.3, -0.25) is 4.90 Å². The molecule has 100 valence electrons. The molecule has 1 aromatic heterocycles. The molecule has 1 saturated carbocycles. The number of anilines is 2. The second-order valence-corrected chi connectivity index (χ2v) is 5.64. The van der Waals surface area contributed by atoms with E-state index in [9.17, 15) is 0 Å². The zero-order chi connectivity index (χ0) is 12.5. The van der Waals surface area contributed by atoms with Crippen molar-refractivity contribution in [2.45, 2.75) is 25.8 Å². The van der Waals surface area contributed by atoms with Crippen LogP contribution in [0.3, 0.4) is 0 Å². The molecule has 3 rings (SSSR count). The Morgan fingerprint density at radius 1 is 1.33 bits per heavy atom. The molecule has 1 aliphatic carbocycles. The molecule has 0 spiro atoms. The third kappa shape index (κ3) is 2.27. The number of hydrogen-bond donors (Lipinski definition) is 1. The van der Waals surface area contributed by atoms with Crippen LogP contribution in [0.1, 0.15) is 19.8 Å². The van der Waals surface area contributed by atoms with Crippen molar-refractivity contribution in [1.29, 1.82) is 0 Å². The summed E-state index contributed by atoms with van der Waals surface area (Å²) in [5, 5.41) is 1.10. The molecule has 0 amide bonds. The Kier molecular flexibility index (Phi) is 3.30. The first-order valence-corrected chi connectivity index (χ1v) is 7.44. The molecule has 0 aromatic carbocycles. The van der Waals surface area contributed by atoms with E-state index in [1.54, 1.807) is 0 Å². The van der Waals surface area contributed by atoms with Gasteiger partial charge in [-0.05, 0) is 31.3 Å². The topological polar surface area (TPSA) is 54.6 Å². The van der Waals surface area contributed by atoms with E-state index in [4.69, 9.17) is 10.5 Å². The van der Waals surface area contributed by atoms with Gasteiger partial charge >= 0.3 is 0 Å². The van der Waals surface area contributed by atoms with Gasteiger partial charge in [-0.2, -0.15) is 4.37 Å². The minimum Gasteiger partial charge on any atom is -0.487 e. The lowest BCUT2D eigenvalue weighted by Crippen LogP contribution is -2.47. The molecule has 1 saturated heterocycles. The van der Waals surface area contributed by atoms with Crippen molar-refractivity contribution < 1.29 is 4.74 Å². The zero-order valence-electron chi connectivity index (χ0n) is 10.8. The minimum atomic E-state index is 0.529.